The van der Waals surface area contributed by atoms with Crippen molar-refractivity contribution in [2.45, 2.75) is 51.1 Å². The van der Waals surface area contributed by atoms with E-state index in [-0.39, 0.29) is 0 Å². The molecule has 1 N–H and O–H groups in total. The van der Waals surface area contributed by atoms with E-state index in [1.165, 1.54) is 43.4 Å². The highest BCUT2D eigenvalue weighted by Crippen LogP contribution is 2.43. The van der Waals surface area contributed by atoms with Gasteiger partial charge in [-0.3, -0.25) is 4.90 Å². The second kappa shape index (κ2) is 7.48. The molecule has 1 aliphatic carbocycles. The van der Waals surface area contributed by atoms with Crippen LogP contribution in [0, 0.1) is 0 Å². The molecule has 4 heterocycles. The number of nitrogens with one attached hydrogen (secondary N) is 1. The highest BCUT2D eigenvalue weighted by atomic mass is 15.4. The fourth-order valence-corrected chi connectivity index (χ4v) is 5.16. The van der Waals surface area contributed by atoms with Crippen LogP contribution in [0.4, 0.5) is 5.82 Å². The van der Waals surface area contributed by atoms with Crippen molar-refractivity contribution in [3.8, 4) is 0 Å². The van der Waals surface area contributed by atoms with Gasteiger partial charge < -0.3 is 15.1 Å². The first-order valence-electron chi connectivity index (χ1n) is 11.0. The third-order valence-corrected chi connectivity index (χ3v) is 6.78. The van der Waals surface area contributed by atoms with Crippen molar-refractivity contribution in [1.29, 1.82) is 0 Å². The second-order valence-electron chi connectivity index (χ2n) is 8.52. The van der Waals surface area contributed by atoms with E-state index in [9.17, 15) is 0 Å². The third-order valence-electron chi connectivity index (χ3n) is 6.78. The quantitative estimate of drug-likeness (QED) is 0.855. The highest BCUT2D eigenvalue weighted by molar-refractivity contribution is 5.97. The average molecular weight is 381 g/mol. The molecule has 3 aliphatic heterocycles. The number of nitrogens with zero attached hydrogens (tertiary/aromatic N) is 5. The van der Waals surface area contributed by atoms with Gasteiger partial charge in [0, 0.05) is 50.5 Å². The summed E-state index contributed by atoms with van der Waals surface area (Å²) in [5.41, 5.74) is 4.09. The topological polar surface area (TPSA) is 47.0 Å². The first kappa shape index (κ1) is 18.1. The maximum absolute atomic E-state index is 5.01. The van der Waals surface area contributed by atoms with Crippen LogP contribution in [-0.2, 0) is 0 Å². The summed E-state index contributed by atoms with van der Waals surface area (Å²) in [6, 6.07) is 5.55. The molecule has 5 rings (SSSR count). The molecule has 1 aromatic heterocycles. The van der Waals surface area contributed by atoms with Crippen molar-refractivity contribution in [3.63, 3.8) is 0 Å². The van der Waals surface area contributed by atoms with Crippen molar-refractivity contribution in [1.82, 2.24) is 25.0 Å². The Morgan fingerprint density at radius 1 is 1.18 bits per heavy atom. The molecule has 3 fully saturated rings. The Labute approximate surface area is 168 Å². The minimum Gasteiger partial charge on any atom is -0.339 e. The fourth-order valence-electron chi connectivity index (χ4n) is 5.16. The van der Waals surface area contributed by atoms with Crippen LogP contribution in [0.25, 0.3) is 5.70 Å². The van der Waals surface area contributed by atoms with E-state index in [0.29, 0.717) is 6.04 Å². The van der Waals surface area contributed by atoms with E-state index in [2.05, 4.69) is 45.0 Å². The average Bonchev–Trinajstić information content (AvgIpc) is 3.58. The smallest absolute Gasteiger partial charge is 0.207 e. The number of piperazine rings is 1. The van der Waals surface area contributed by atoms with E-state index in [4.69, 9.17) is 4.99 Å². The predicted octanol–water partition coefficient (Wildman–Crippen LogP) is 2.67. The van der Waals surface area contributed by atoms with Gasteiger partial charge in [0.2, 0.25) is 5.96 Å². The summed E-state index contributed by atoms with van der Waals surface area (Å²) in [4.78, 5) is 17.2. The molecule has 4 aliphatic rings. The zero-order valence-corrected chi connectivity index (χ0v) is 17.2. The molecule has 1 saturated carbocycles. The zero-order chi connectivity index (χ0) is 19.1. The van der Waals surface area contributed by atoms with Crippen LogP contribution in [0.1, 0.15) is 44.6 Å². The van der Waals surface area contributed by atoms with Crippen LogP contribution in [0.3, 0.4) is 0 Å². The van der Waals surface area contributed by atoms with Crippen molar-refractivity contribution >= 4 is 17.5 Å². The van der Waals surface area contributed by atoms with Crippen molar-refractivity contribution in [3.05, 3.63) is 29.5 Å². The number of hydrogen-bond donors (Lipinski definition) is 1. The van der Waals surface area contributed by atoms with E-state index in [1.54, 1.807) is 5.57 Å². The van der Waals surface area contributed by atoms with Crippen molar-refractivity contribution in [2.75, 3.05) is 39.8 Å². The van der Waals surface area contributed by atoms with Gasteiger partial charge >= 0.3 is 0 Å². The Bertz CT molecular complexity index is 788. The maximum atomic E-state index is 5.01. The number of hydrogen-bond acceptors (Lipinski definition) is 6. The zero-order valence-electron chi connectivity index (χ0n) is 17.2. The molecule has 0 unspecified atom stereocenters. The van der Waals surface area contributed by atoms with Crippen LogP contribution in [0.15, 0.2) is 28.9 Å². The first-order chi connectivity index (χ1) is 13.8. The molecule has 6 heteroatoms. The van der Waals surface area contributed by atoms with E-state index in [0.717, 1.165) is 50.5 Å². The third kappa shape index (κ3) is 3.22. The van der Waals surface area contributed by atoms with Gasteiger partial charge in [0.25, 0.3) is 0 Å². The van der Waals surface area contributed by atoms with Crippen LogP contribution in [-0.4, -0.2) is 77.5 Å². The van der Waals surface area contributed by atoms with Gasteiger partial charge in [-0.2, -0.15) is 4.99 Å². The Morgan fingerprint density at radius 2 is 2.00 bits per heavy atom. The molecule has 0 radical (unpaired) electrons. The van der Waals surface area contributed by atoms with Gasteiger partial charge in [-0.25, -0.2) is 4.98 Å². The minimum atomic E-state index is 0.607. The molecule has 1 aromatic rings. The van der Waals surface area contributed by atoms with E-state index in [1.807, 2.05) is 12.3 Å². The van der Waals surface area contributed by atoms with Crippen LogP contribution in [0.2, 0.25) is 0 Å². The number of pyridine rings is 1. The van der Waals surface area contributed by atoms with Gasteiger partial charge in [-0.05, 0) is 62.9 Å². The van der Waals surface area contributed by atoms with Gasteiger partial charge in [-0.1, -0.05) is 6.92 Å². The van der Waals surface area contributed by atoms with Gasteiger partial charge in [0.1, 0.15) is 0 Å². The van der Waals surface area contributed by atoms with Crippen molar-refractivity contribution < 1.29 is 0 Å². The number of aromatic nitrogens is 1. The molecule has 2 saturated heterocycles. The molecule has 150 valence electrons. The molecule has 1 atom stereocenters. The summed E-state index contributed by atoms with van der Waals surface area (Å²) in [6.07, 6.45) is 8.05. The summed E-state index contributed by atoms with van der Waals surface area (Å²) >= 11 is 0. The largest absolute Gasteiger partial charge is 0.339 e. The van der Waals surface area contributed by atoms with Gasteiger partial charge in [0.15, 0.2) is 5.82 Å². The summed E-state index contributed by atoms with van der Waals surface area (Å²) in [5, 5.41) is 3.51. The summed E-state index contributed by atoms with van der Waals surface area (Å²) < 4.78 is 0. The molecule has 0 spiro atoms. The monoisotopic (exact) mass is 380 g/mol. The van der Waals surface area contributed by atoms with E-state index < -0.39 is 0 Å². The second-order valence-corrected chi connectivity index (χ2v) is 8.52. The Hall–Kier alpha value is -1.92. The SMILES string of the molecule is CC[C@H]1CN(C2=Nc3ncccc3C(=C3CC3)N2C)CCN1C1CCNCC1. The summed E-state index contributed by atoms with van der Waals surface area (Å²) in [5.74, 6) is 1.97. The van der Waals surface area contributed by atoms with Crippen molar-refractivity contribution in [2.24, 2.45) is 4.99 Å². The number of guanidine groups is 1. The molecule has 6 nitrogen and oxygen atoms in total. The lowest BCUT2D eigenvalue weighted by atomic mass is 9.99. The first-order valence-corrected chi connectivity index (χ1v) is 11.0. The number of fused-ring (bicyclic) bond motifs is 1. The minimum absolute atomic E-state index is 0.607. The van der Waals surface area contributed by atoms with Crippen LogP contribution < -0.4 is 5.32 Å². The Kier molecular flexibility index (Phi) is 4.85. The molecule has 0 bridgehead atoms. The normalized spacial score (nSPS) is 26.4. The number of aliphatic imine (C=N–C) groups is 1. The Balaban J connectivity index is 1.40. The molecular weight excluding hydrogens is 348 g/mol. The molecule has 28 heavy (non-hydrogen) atoms. The maximum Gasteiger partial charge on any atom is 0.207 e. The lowest BCUT2D eigenvalue weighted by Gasteiger charge is -2.48. The Morgan fingerprint density at radius 3 is 2.75 bits per heavy atom. The van der Waals surface area contributed by atoms with Crippen LogP contribution >= 0.6 is 0 Å². The standard InChI is InChI=1S/C22H32N6/c1-3-17-15-27(13-14-28(17)18-8-11-23-12-9-18)22-25-21-19(5-4-10-24-21)20(26(22)2)16-6-7-16/h4-5,10,17-18,23H,3,6-9,11-15H2,1-2H3/t17-/m0/s1. The van der Waals surface area contributed by atoms with Gasteiger partial charge in [-0.15, -0.1) is 0 Å². The summed E-state index contributed by atoms with van der Waals surface area (Å²) in [7, 11) is 2.19. The lowest BCUT2D eigenvalue weighted by molar-refractivity contribution is 0.0496. The highest BCUT2D eigenvalue weighted by Gasteiger charge is 2.36. The predicted molar refractivity (Wildman–Crippen MR) is 113 cm³/mol. The van der Waals surface area contributed by atoms with Gasteiger partial charge in [0.05, 0.1) is 5.70 Å². The fraction of sp³-hybridized carbons (Fsp3) is 0.636. The lowest BCUT2D eigenvalue weighted by Crippen LogP contribution is -2.60. The van der Waals surface area contributed by atoms with Crippen LogP contribution in [0.5, 0.6) is 0 Å². The number of rotatable bonds is 2. The molecule has 0 aromatic carbocycles. The van der Waals surface area contributed by atoms with E-state index >= 15 is 0 Å². The number of piperidine rings is 1. The molecule has 0 amide bonds. The number of allylic oxidation sites excluding steroid dienone is 1. The molecular formula is C22H32N6. The summed E-state index contributed by atoms with van der Waals surface area (Å²) in [6.45, 7) is 7.91.